The minimum atomic E-state index is 0.172. The number of aryl methyl sites for hydroxylation is 1. The van der Waals surface area contributed by atoms with Crippen LogP contribution in [0, 0.1) is 5.92 Å². The number of amides is 1. The zero-order valence-electron chi connectivity index (χ0n) is 23.1. The molecular weight excluding hydrogens is 490 g/mol. The first-order valence-electron chi connectivity index (χ1n) is 14.4. The molecule has 1 aliphatic carbocycles. The number of nitrogens with zero attached hydrogens (tertiary/aromatic N) is 5. The fraction of sp³-hybridized carbons (Fsp3) is 0.516. The average Bonchev–Trinajstić information content (AvgIpc) is 3.00. The van der Waals surface area contributed by atoms with Gasteiger partial charge in [-0.3, -0.25) is 9.69 Å². The van der Waals surface area contributed by atoms with Crippen molar-refractivity contribution in [2.24, 2.45) is 5.92 Å². The van der Waals surface area contributed by atoms with Crippen molar-refractivity contribution >= 4 is 28.3 Å². The molecule has 6 rings (SSSR count). The number of benzene rings is 2. The lowest BCUT2D eigenvalue weighted by Gasteiger charge is -2.43. The lowest BCUT2D eigenvalue weighted by molar-refractivity contribution is -0.124. The molecule has 3 aliphatic rings. The highest BCUT2D eigenvalue weighted by molar-refractivity contribution is 5.97. The maximum atomic E-state index is 13.9. The predicted molar refractivity (Wildman–Crippen MR) is 154 cm³/mol. The van der Waals surface area contributed by atoms with E-state index in [1.54, 1.807) is 20.5 Å². The van der Waals surface area contributed by atoms with Crippen LogP contribution in [0.2, 0.25) is 0 Å². The largest absolute Gasteiger partial charge is 0.493 e. The Morgan fingerprint density at radius 2 is 1.67 bits per heavy atom. The lowest BCUT2D eigenvalue weighted by atomic mass is 9.86. The highest BCUT2D eigenvalue weighted by atomic mass is 16.5. The summed E-state index contributed by atoms with van der Waals surface area (Å²) >= 11 is 0. The molecule has 2 fully saturated rings. The van der Waals surface area contributed by atoms with Crippen molar-refractivity contribution < 1.29 is 14.3 Å². The maximum absolute atomic E-state index is 13.9. The molecule has 2 aromatic carbocycles. The molecule has 8 heteroatoms. The van der Waals surface area contributed by atoms with Crippen molar-refractivity contribution in [3.63, 3.8) is 0 Å². The molecule has 1 aromatic heterocycles. The number of hydrogen-bond acceptors (Lipinski definition) is 7. The highest BCUT2D eigenvalue weighted by Gasteiger charge is 2.36. The van der Waals surface area contributed by atoms with Crippen molar-refractivity contribution in [2.75, 3.05) is 56.7 Å². The van der Waals surface area contributed by atoms with Gasteiger partial charge in [0.05, 0.1) is 19.7 Å². The normalized spacial score (nSPS) is 20.6. The van der Waals surface area contributed by atoms with Crippen LogP contribution in [-0.4, -0.2) is 73.8 Å². The number of piperazine rings is 1. The Morgan fingerprint density at radius 1 is 0.923 bits per heavy atom. The van der Waals surface area contributed by atoms with E-state index in [0.29, 0.717) is 17.4 Å². The van der Waals surface area contributed by atoms with Crippen LogP contribution < -0.4 is 19.3 Å². The number of ether oxygens (including phenoxy) is 2. The van der Waals surface area contributed by atoms with E-state index in [0.717, 1.165) is 80.8 Å². The molecule has 1 saturated carbocycles. The van der Waals surface area contributed by atoms with E-state index in [-0.39, 0.29) is 12.0 Å². The molecule has 0 bridgehead atoms. The van der Waals surface area contributed by atoms with Gasteiger partial charge in [0.1, 0.15) is 12.1 Å². The minimum Gasteiger partial charge on any atom is -0.493 e. The number of para-hydroxylation sites is 1. The molecule has 2 aliphatic heterocycles. The second kappa shape index (κ2) is 11.4. The van der Waals surface area contributed by atoms with Gasteiger partial charge in [-0.15, -0.1) is 0 Å². The van der Waals surface area contributed by atoms with Crippen LogP contribution in [-0.2, 0) is 11.2 Å². The van der Waals surface area contributed by atoms with Gasteiger partial charge < -0.3 is 19.3 Å². The number of methoxy groups -OCH3 is 2. The van der Waals surface area contributed by atoms with E-state index < -0.39 is 0 Å². The molecule has 1 amide bonds. The summed E-state index contributed by atoms with van der Waals surface area (Å²) < 4.78 is 11.0. The third kappa shape index (κ3) is 5.14. The Morgan fingerprint density at radius 3 is 2.44 bits per heavy atom. The molecule has 1 atom stereocenters. The summed E-state index contributed by atoms with van der Waals surface area (Å²) in [5.41, 5.74) is 3.29. The Kier molecular flexibility index (Phi) is 7.55. The van der Waals surface area contributed by atoms with Gasteiger partial charge >= 0.3 is 0 Å². The summed E-state index contributed by atoms with van der Waals surface area (Å²) in [6, 6.07) is 12.6. The fourth-order valence-corrected chi connectivity index (χ4v) is 6.68. The van der Waals surface area contributed by atoms with E-state index in [1.165, 1.54) is 24.8 Å². The first-order valence-corrected chi connectivity index (χ1v) is 14.4. The van der Waals surface area contributed by atoms with Crippen LogP contribution in [0.5, 0.6) is 11.5 Å². The van der Waals surface area contributed by atoms with Gasteiger partial charge in [0.25, 0.3) is 0 Å². The Bertz CT molecular complexity index is 1320. The van der Waals surface area contributed by atoms with Crippen LogP contribution in [0.3, 0.4) is 0 Å². The van der Waals surface area contributed by atoms with Gasteiger partial charge in [-0.2, -0.15) is 0 Å². The Balaban J connectivity index is 1.17. The molecule has 8 nitrogen and oxygen atoms in total. The molecule has 0 radical (unpaired) electrons. The summed E-state index contributed by atoms with van der Waals surface area (Å²) in [4.78, 5) is 30.1. The van der Waals surface area contributed by atoms with E-state index in [9.17, 15) is 4.79 Å². The lowest BCUT2D eigenvalue weighted by Crippen LogP contribution is -2.55. The fourth-order valence-electron chi connectivity index (χ4n) is 6.68. The van der Waals surface area contributed by atoms with Gasteiger partial charge in [0.2, 0.25) is 5.91 Å². The molecular formula is C31H39N5O3. The number of hydrogen-bond donors (Lipinski definition) is 0. The molecule has 3 aromatic rings. The van der Waals surface area contributed by atoms with Crippen LogP contribution in [0.4, 0.5) is 11.5 Å². The van der Waals surface area contributed by atoms with Crippen LogP contribution in [0.25, 0.3) is 10.9 Å². The van der Waals surface area contributed by atoms with E-state index in [2.05, 4.69) is 48.9 Å². The minimum absolute atomic E-state index is 0.172. The van der Waals surface area contributed by atoms with E-state index >= 15 is 0 Å². The summed E-state index contributed by atoms with van der Waals surface area (Å²) in [6.45, 7) is 4.53. The molecule has 1 saturated heterocycles. The first-order chi connectivity index (χ1) is 19.2. The second-order valence-corrected chi connectivity index (χ2v) is 11.1. The van der Waals surface area contributed by atoms with Crippen molar-refractivity contribution in [3.8, 4) is 11.5 Å². The molecule has 3 heterocycles. The summed E-state index contributed by atoms with van der Waals surface area (Å²) in [5.74, 6) is 2.80. The van der Waals surface area contributed by atoms with Crippen LogP contribution in [0.1, 0.15) is 44.1 Å². The zero-order chi connectivity index (χ0) is 26.8. The number of carbonyl (C=O) groups is 1. The quantitative estimate of drug-likeness (QED) is 0.459. The number of aromatic nitrogens is 2. The topological polar surface area (TPSA) is 71.0 Å². The Labute approximate surface area is 230 Å². The highest BCUT2D eigenvalue weighted by Crippen LogP contribution is 2.37. The standard InChI is InChI=1S/C31H39N5O3/c1-38-28-18-25-26(19-29(28)39-2)32-21-33-30(25)35-16-14-34(15-17-35)20-24-13-12-22-8-6-7-11-27(22)36(24)31(37)23-9-4-3-5-10-23/h6-8,11,18-19,21,23-24H,3-5,9-10,12-17,20H2,1-2H3. The number of carbonyl (C=O) groups excluding carboxylic acids is 1. The van der Waals surface area contributed by atoms with Gasteiger partial charge in [-0.1, -0.05) is 37.5 Å². The number of fused-ring (bicyclic) bond motifs is 2. The third-order valence-corrected chi connectivity index (χ3v) is 8.82. The molecule has 1 unspecified atom stereocenters. The Hall–Kier alpha value is -3.39. The van der Waals surface area contributed by atoms with Gasteiger partial charge in [0, 0.05) is 61.8 Å². The number of anilines is 2. The van der Waals surface area contributed by atoms with Crippen molar-refractivity contribution in [1.82, 2.24) is 14.9 Å². The molecule has 0 spiro atoms. The van der Waals surface area contributed by atoms with E-state index in [1.807, 2.05) is 12.1 Å². The number of rotatable bonds is 6. The summed E-state index contributed by atoms with van der Waals surface area (Å²) in [7, 11) is 3.29. The summed E-state index contributed by atoms with van der Waals surface area (Å²) in [5, 5.41) is 0.969. The monoisotopic (exact) mass is 529 g/mol. The predicted octanol–water partition coefficient (Wildman–Crippen LogP) is 4.70. The van der Waals surface area contributed by atoms with Gasteiger partial charge in [-0.25, -0.2) is 9.97 Å². The SMILES string of the molecule is COc1cc2ncnc(N3CCN(CC4CCc5ccccc5N4C(=O)C4CCCCC4)CC3)c2cc1OC. The van der Waals surface area contributed by atoms with E-state index in [4.69, 9.17) is 9.47 Å². The first kappa shape index (κ1) is 25.9. The third-order valence-electron chi connectivity index (χ3n) is 8.82. The zero-order valence-corrected chi connectivity index (χ0v) is 23.1. The molecule has 206 valence electrons. The van der Waals surface area contributed by atoms with Gasteiger partial charge in [-0.05, 0) is 43.4 Å². The van der Waals surface area contributed by atoms with Crippen molar-refractivity contribution in [3.05, 3.63) is 48.3 Å². The van der Waals surface area contributed by atoms with Crippen LogP contribution in [0.15, 0.2) is 42.7 Å². The van der Waals surface area contributed by atoms with Crippen molar-refractivity contribution in [1.29, 1.82) is 0 Å². The average molecular weight is 530 g/mol. The van der Waals surface area contributed by atoms with Crippen LogP contribution >= 0.6 is 0 Å². The second-order valence-electron chi connectivity index (χ2n) is 11.1. The smallest absolute Gasteiger partial charge is 0.230 e. The van der Waals surface area contributed by atoms with Crippen molar-refractivity contribution in [2.45, 2.75) is 51.0 Å². The molecule has 0 N–H and O–H groups in total. The summed E-state index contributed by atoms with van der Waals surface area (Å²) in [6.07, 6.45) is 9.37. The maximum Gasteiger partial charge on any atom is 0.230 e. The van der Waals surface area contributed by atoms with Gasteiger partial charge in [0.15, 0.2) is 11.5 Å². The molecule has 39 heavy (non-hydrogen) atoms.